The van der Waals surface area contributed by atoms with Gasteiger partial charge in [0.25, 0.3) is 0 Å². The summed E-state index contributed by atoms with van der Waals surface area (Å²) < 4.78 is 0. The highest BCUT2D eigenvalue weighted by Gasteiger charge is 1.90. The van der Waals surface area contributed by atoms with E-state index >= 15 is 0 Å². The first-order valence-corrected chi connectivity index (χ1v) is 2.95. The molecule has 0 fully saturated rings. The van der Waals surface area contributed by atoms with Crippen LogP contribution in [0.5, 0.6) is 0 Å². The molecular weight excluding hydrogens is 107 g/mol. The summed E-state index contributed by atoms with van der Waals surface area (Å²) in [5.41, 5.74) is 0. The lowest BCUT2D eigenvalue weighted by molar-refractivity contribution is 0.181. The molecule has 0 amide bonds. The van der Waals surface area contributed by atoms with Crippen molar-refractivity contribution in [3.8, 4) is 0 Å². The van der Waals surface area contributed by atoms with Crippen molar-refractivity contribution in [1.29, 1.82) is 0 Å². The van der Waals surface area contributed by atoms with Crippen molar-refractivity contribution in [2.24, 2.45) is 0 Å². The topological polar surface area (TPSA) is 20.2 Å². The Kier molecular flexibility index (Phi) is 9.30. The zero-order valence-electron chi connectivity index (χ0n) is 5.55. The average Bonchev–Trinajstić information content (AvgIpc) is 1.61. The van der Waals surface area contributed by atoms with E-state index in [0.717, 1.165) is 12.8 Å². The van der Waals surface area contributed by atoms with Gasteiger partial charge in [0.05, 0.1) is 6.10 Å². The van der Waals surface area contributed by atoms with E-state index in [1.807, 2.05) is 6.92 Å². The molecular formula is C6H15FO. The van der Waals surface area contributed by atoms with E-state index in [0.29, 0.717) is 0 Å². The molecule has 0 radical (unpaired) electrons. The number of aliphatic hydroxyl groups is 1. The molecule has 0 aliphatic rings. The first-order valence-electron chi connectivity index (χ1n) is 2.95. The predicted molar refractivity (Wildman–Crippen MR) is 33.7 cm³/mol. The van der Waals surface area contributed by atoms with Gasteiger partial charge in [-0.2, -0.15) is 0 Å². The molecule has 0 spiro atoms. The van der Waals surface area contributed by atoms with Crippen LogP contribution in [0, 0.1) is 0 Å². The fourth-order valence-electron chi connectivity index (χ4n) is 0.500. The van der Waals surface area contributed by atoms with Crippen molar-refractivity contribution in [2.45, 2.75) is 39.2 Å². The maximum absolute atomic E-state index is 8.68. The van der Waals surface area contributed by atoms with Gasteiger partial charge in [0.15, 0.2) is 0 Å². The molecule has 0 aliphatic heterocycles. The van der Waals surface area contributed by atoms with E-state index in [2.05, 4.69) is 6.92 Å². The van der Waals surface area contributed by atoms with Crippen LogP contribution in [0.1, 0.15) is 33.1 Å². The Bertz CT molecular complexity index is 37.5. The summed E-state index contributed by atoms with van der Waals surface area (Å²) in [6.07, 6.45) is 3.19. The molecule has 0 aromatic carbocycles. The summed E-state index contributed by atoms with van der Waals surface area (Å²) in [6, 6.07) is 0. The zero-order chi connectivity index (χ0) is 5.70. The molecule has 0 aromatic heterocycles. The lowest BCUT2D eigenvalue weighted by atomic mass is 10.2. The second-order valence-electron chi connectivity index (χ2n) is 1.99. The Hall–Kier alpha value is -0.110. The molecule has 1 N–H and O–H groups in total. The molecule has 52 valence electrons. The van der Waals surface area contributed by atoms with Gasteiger partial charge >= 0.3 is 0 Å². The molecule has 2 heteroatoms. The van der Waals surface area contributed by atoms with Crippen molar-refractivity contribution >= 4 is 0 Å². The number of halogens is 1. The highest BCUT2D eigenvalue weighted by Crippen LogP contribution is 1.97. The molecule has 0 saturated carbocycles. The van der Waals surface area contributed by atoms with Gasteiger partial charge in [0.1, 0.15) is 0 Å². The molecule has 8 heavy (non-hydrogen) atoms. The SMILES string of the molecule is CCCCC(C)O.F. The van der Waals surface area contributed by atoms with Crippen LogP contribution in [0.25, 0.3) is 0 Å². The minimum atomic E-state index is -0.0973. The number of aliphatic hydroxyl groups excluding tert-OH is 1. The quantitative estimate of drug-likeness (QED) is 0.604. The van der Waals surface area contributed by atoms with Gasteiger partial charge in [0, 0.05) is 0 Å². The summed E-state index contributed by atoms with van der Waals surface area (Å²) in [6.45, 7) is 3.96. The Morgan fingerprint density at radius 2 is 2.00 bits per heavy atom. The molecule has 0 heterocycles. The van der Waals surface area contributed by atoms with Crippen LogP contribution in [0.2, 0.25) is 0 Å². The monoisotopic (exact) mass is 122 g/mol. The normalized spacial score (nSPS) is 12.4. The zero-order valence-corrected chi connectivity index (χ0v) is 5.55. The second-order valence-corrected chi connectivity index (χ2v) is 1.99. The first kappa shape index (κ1) is 10.8. The molecule has 0 aliphatic carbocycles. The van der Waals surface area contributed by atoms with E-state index in [1.165, 1.54) is 6.42 Å². The number of unbranched alkanes of at least 4 members (excludes halogenated alkanes) is 1. The second kappa shape index (κ2) is 6.89. The van der Waals surface area contributed by atoms with Gasteiger partial charge in [-0.1, -0.05) is 19.8 Å². The van der Waals surface area contributed by atoms with E-state index in [4.69, 9.17) is 5.11 Å². The molecule has 0 aromatic rings. The van der Waals surface area contributed by atoms with Crippen LogP contribution >= 0.6 is 0 Å². The van der Waals surface area contributed by atoms with Gasteiger partial charge < -0.3 is 5.11 Å². The Morgan fingerprint density at radius 1 is 1.50 bits per heavy atom. The van der Waals surface area contributed by atoms with Gasteiger partial charge in [-0.05, 0) is 13.3 Å². The van der Waals surface area contributed by atoms with Crippen LogP contribution < -0.4 is 0 Å². The van der Waals surface area contributed by atoms with Gasteiger partial charge in [-0.15, -0.1) is 0 Å². The number of hydrogen-bond acceptors (Lipinski definition) is 1. The van der Waals surface area contributed by atoms with Crippen molar-refractivity contribution in [3.05, 3.63) is 0 Å². The Balaban J connectivity index is 0. The summed E-state index contributed by atoms with van der Waals surface area (Å²) in [5, 5.41) is 8.68. The lowest BCUT2D eigenvalue weighted by Gasteiger charge is -1.98. The summed E-state index contributed by atoms with van der Waals surface area (Å²) in [5.74, 6) is 0. The van der Waals surface area contributed by atoms with E-state index < -0.39 is 0 Å². The largest absolute Gasteiger partial charge is 0.393 e. The number of hydrogen-bond donors (Lipinski definition) is 1. The van der Waals surface area contributed by atoms with Gasteiger partial charge in [-0.25, -0.2) is 0 Å². The Morgan fingerprint density at radius 3 is 2.12 bits per heavy atom. The smallest absolute Gasteiger partial charge is 0.0512 e. The van der Waals surface area contributed by atoms with Crippen molar-refractivity contribution in [3.63, 3.8) is 0 Å². The molecule has 0 bridgehead atoms. The minimum Gasteiger partial charge on any atom is -0.393 e. The van der Waals surface area contributed by atoms with Crippen LogP contribution in [-0.4, -0.2) is 11.2 Å². The summed E-state index contributed by atoms with van der Waals surface area (Å²) in [7, 11) is 0. The minimum absolute atomic E-state index is 0. The van der Waals surface area contributed by atoms with Gasteiger partial charge in [-0.3, -0.25) is 4.70 Å². The van der Waals surface area contributed by atoms with Crippen molar-refractivity contribution in [2.75, 3.05) is 0 Å². The standard InChI is InChI=1S/C6H14O.FH/c1-3-4-5-6(2)7;/h6-7H,3-5H2,1-2H3;1H. The summed E-state index contributed by atoms with van der Waals surface area (Å²) >= 11 is 0. The van der Waals surface area contributed by atoms with Crippen molar-refractivity contribution in [1.82, 2.24) is 0 Å². The highest BCUT2D eigenvalue weighted by atomic mass is 19.0. The predicted octanol–water partition coefficient (Wildman–Crippen LogP) is 1.71. The third kappa shape index (κ3) is 9.31. The molecule has 0 saturated heterocycles. The Labute approximate surface area is 50.1 Å². The summed E-state index contributed by atoms with van der Waals surface area (Å²) in [4.78, 5) is 0. The number of rotatable bonds is 3. The van der Waals surface area contributed by atoms with Crippen molar-refractivity contribution < 1.29 is 9.81 Å². The average molecular weight is 122 g/mol. The van der Waals surface area contributed by atoms with E-state index in [9.17, 15) is 0 Å². The lowest BCUT2D eigenvalue weighted by Crippen LogP contribution is -1.97. The molecule has 1 unspecified atom stereocenters. The third-order valence-electron chi connectivity index (χ3n) is 0.975. The highest BCUT2D eigenvalue weighted by molar-refractivity contribution is 4.43. The van der Waals surface area contributed by atoms with Crippen LogP contribution in [0.15, 0.2) is 0 Å². The van der Waals surface area contributed by atoms with E-state index in [-0.39, 0.29) is 10.8 Å². The molecule has 1 nitrogen and oxygen atoms in total. The molecule has 1 atom stereocenters. The fraction of sp³-hybridized carbons (Fsp3) is 1.00. The van der Waals surface area contributed by atoms with E-state index in [1.54, 1.807) is 0 Å². The van der Waals surface area contributed by atoms with Crippen LogP contribution in [0.3, 0.4) is 0 Å². The first-order chi connectivity index (χ1) is 3.27. The molecule has 0 rings (SSSR count). The van der Waals surface area contributed by atoms with Crippen LogP contribution in [-0.2, 0) is 0 Å². The maximum Gasteiger partial charge on any atom is 0.0512 e. The maximum atomic E-state index is 8.68. The third-order valence-corrected chi connectivity index (χ3v) is 0.975. The van der Waals surface area contributed by atoms with Gasteiger partial charge in [0.2, 0.25) is 0 Å². The van der Waals surface area contributed by atoms with Crippen LogP contribution in [0.4, 0.5) is 4.70 Å². The fourth-order valence-corrected chi connectivity index (χ4v) is 0.500.